The molecule has 0 radical (unpaired) electrons. The lowest BCUT2D eigenvalue weighted by Gasteiger charge is -2.33. The van der Waals surface area contributed by atoms with Gasteiger partial charge in [0, 0.05) is 4.88 Å². The molecule has 1 amide bonds. The topological polar surface area (TPSA) is 99.4 Å². The van der Waals surface area contributed by atoms with Crippen molar-refractivity contribution in [3.05, 3.63) is 45.8 Å². The van der Waals surface area contributed by atoms with Crippen molar-refractivity contribution in [2.45, 2.75) is 40.0 Å². The number of benzene rings is 1. The Morgan fingerprint density at radius 1 is 1.31 bits per heavy atom. The summed E-state index contributed by atoms with van der Waals surface area (Å²) in [5.74, 6) is -0.563. The van der Waals surface area contributed by atoms with Crippen LogP contribution in [0, 0.1) is 22.7 Å². The van der Waals surface area contributed by atoms with E-state index in [1.807, 2.05) is 0 Å². The van der Waals surface area contributed by atoms with Crippen LogP contribution in [0.1, 0.15) is 53.6 Å². The van der Waals surface area contributed by atoms with Gasteiger partial charge in [-0.05, 0) is 60.4 Å². The fraction of sp³-hybridized carbons (Fsp3) is 0.409. The van der Waals surface area contributed by atoms with E-state index in [1.54, 1.807) is 0 Å². The van der Waals surface area contributed by atoms with Gasteiger partial charge in [-0.15, -0.1) is 11.3 Å². The molecule has 6 nitrogen and oxygen atoms in total. The average molecular weight is 413 g/mol. The molecular weight excluding hydrogens is 388 g/mol. The van der Waals surface area contributed by atoms with E-state index in [4.69, 9.17) is 4.74 Å². The van der Waals surface area contributed by atoms with Crippen LogP contribution >= 0.6 is 11.3 Å². The Balaban J connectivity index is 1.65. The molecule has 29 heavy (non-hydrogen) atoms. The van der Waals surface area contributed by atoms with E-state index in [-0.39, 0.29) is 16.7 Å². The molecule has 1 atom stereocenters. The lowest BCUT2D eigenvalue weighted by atomic mass is 9.72. The quantitative estimate of drug-likeness (QED) is 0.731. The molecule has 3 rings (SSSR count). The average Bonchev–Trinajstić information content (AvgIpc) is 3.02. The monoisotopic (exact) mass is 412 g/mol. The number of carbonyl (C=O) groups is 2. The number of rotatable bonds is 4. The highest BCUT2D eigenvalue weighted by Gasteiger charge is 2.32. The van der Waals surface area contributed by atoms with Gasteiger partial charge >= 0.3 is 5.97 Å². The van der Waals surface area contributed by atoms with E-state index in [1.165, 1.54) is 35.6 Å². The summed E-state index contributed by atoms with van der Waals surface area (Å²) in [7, 11) is 0. The number of esters is 1. The SMILES string of the molecule is CC(C)(C)[C@H]1CCc2c(sc(NC(=O)COC(=O)c3ccc(O)cc3)c2C#N)C1. The Morgan fingerprint density at radius 3 is 2.62 bits per heavy atom. The predicted molar refractivity (Wildman–Crippen MR) is 111 cm³/mol. The summed E-state index contributed by atoms with van der Waals surface area (Å²) in [5.41, 5.74) is 2.00. The molecule has 0 saturated heterocycles. The highest BCUT2D eigenvalue weighted by Crippen LogP contribution is 2.43. The maximum atomic E-state index is 12.3. The summed E-state index contributed by atoms with van der Waals surface area (Å²) in [6, 6.07) is 7.80. The molecule has 1 aromatic heterocycles. The lowest BCUT2D eigenvalue weighted by molar-refractivity contribution is -0.119. The van der Waals surface area contributed by atoms with E-state index < -0.39 is 18.5 Å². The number of phenols is 1. The summed E-state index contributed by atoms with van der Waals surface area (Å²) < 4.78 is 5.03. The Morgan fingerprint density at radius 2 is 2.00 bits per heavy atom. The number of aromatic hydroxyl groups is 1. The number of thiophene rings is 1. The molecule has 0 spiro atoms. The van der Waals surface area contributed by atoms with Gasteiger partial charge in [-0.1, -0.05) is 20.8 Å². The van der Waals surface area contributed by atoms with E-state index >= 15 is 0 Å². The van der Waals surface area contributed by atoms with Crippen LogP contribution < -0.4 is 5.32 Å². The summed E-state index contributed by atoms with van der Waals surface area (Å²) in [4.78, 5) is 25.4. The molecule has 1 aliphatic rings. The van der Waals surface area contributed by atoms with Gasteiger partial charge in [0.1, 0.15) is 16.8 Å². The Hall–Kier alpha value is -2.85. The van der Waals surface area contributed by atoms with Crippen molar-refractivity contribution in [3.8, 4) is 11.8 Å². The maximum Gasteiger partial charge on any atom is 0.338 e. The minimum atomic E-state index is -0.654. The van der Waals surface area contributed by atoms with Crippen molar-refractivity contribution >= 4 is 28.2 Å². The third-order valence-corrected chi connectivity index (χ3v) is 6.46. The van der Waals surface area contributed by atoms with Crippen molar-refractivity contribution in [3.63, 3.8) is 0 Å². The van der Waals surface area contributed by atoms with Gasteiger partial charge in [-0.3, -0.25) is 4.79 Å². The van der Waals surface area contributed by atoms with Crippen LogP contribution in [-0.2, 0) is 22.4 Å². The zero-order chi connectivity index (χ0) is 21.2. The molecule has 1 aromatic carbocycles. The van der Waals surface area contributed by atoms with Gasteiger partial charge in [0.2, 0.25) is 0 Å². The number of nitriles is 1. The van der Waals surface area contributed by atoms with Gasteiger partial charge in [-0.25, -0.2) is 4.79 Å². The predicted octanol–water partition coefficient (Wildman–Crippen LogP) is 4.27. The standard InChI is InChI=1S/C22H24N2O4S/c1-22(2,3)14-6-9-16-17(11-23)20(29-18(16)10-14)24-19(26)12-28-21(27)13-4-7-15(25)8-5-13/h4-5,7-8,14,25H,6,9-10,12H2,1-3H3,(H,24,26)/t14-/m0/s1. The molecule has 152 valence electrons. The Bertz CT molecular complexity index is 964. The largest absolute Gasteiger partial charge is 0.508 e. The zero-order valence-corrected chi connectivity index (χ0v) is 17.6. The number of amides is 1. The number of ether oxygens (including phenoxy) is 1. The molecule has 2 aromatic rings. The van der Waals surface area contributed by atoms with E-state index in [9.17, 15) is 20.0 Å². The highest BCUT2D eigenvalue weighted by atomic mass is 32.1. The minimum Gasteiger partial charge on any atom is -0.508 e. The third kappa shape index (κ3) is 4.77. The lowest BCUT2D eigenvalue weighted by Crippen LogP contribution is -2.26. The van der Waals surface area contributed by atoms with Crippen LogP contribution in [0.2, 0.25) is 0 Å². The highest BCUT2D eigenvalue weighted by molar-refractivity contribution is 7.16. The van der Waals surface area contributed by atoms with Crippen molar-refractivity contribution in [2.75, 3.05) is 11.9 Å². The molecule has 0 unspecified atom stereocenters. The number of anilines is 1. The number of phenolic OH excluding ortho intramolecular Hbond substituents is 1. The number of nitrogens with zero attached hydrogens (tertiary/aromatic N) is 1. The summed E-state index contributed by atoms with van der Waals surface area (Å²) in [6.07, 6.45) is 2.77. The smallest absolute Gasteiger partial charge is 0.338 e. The summed E-state index contributed by atoms with van der Waals surface area (Å²) >= 11 is 1.44. The Kier molecular flexibility index (Phi) is 5.94. The van der Waals surface area contributed by atoms with Gasteiger partial charge in [-0.2, -0.15) is 5.26 Å². The molecular formula is C22H24N2O4S. The molecule has 0 fully saturated rings. The molecule has 0 aliphatic heterocycles. The second-order valence-corrected chi connectivity index (χ2v) is 9.40. The normalized spacial score (nSPS) is 15.9. The van der Waals surface area contributed by atoms with Crippen molar-refractivity contribution < 1.29 is 19.4 Å². The van der Waals surface area contributed by atoms with Crippen LogP contribution in [0.5, 0.6) is 5.75 Å². The molecule has 2 N–H and O–H groups in total. The van der Waals surface area contributed by atoms with Crippen molar-refractivity contribution in [1.29, 1.82) is 5.26 Å². The number of hydrogen-bond donors (Lipinski definition) is 2. The van der Waals surface area contributed by atoms with Gasteiger partial charge < -0.3 is 15.2 Å². The van der Waals surface area contributed by atoms with Gasteiger partial charge in [0.25, 0.3) is 5.91 Å². The number of carbonyl (C=O) groups excluding carboxylic acids is 2. The molecule has 7 heteroatoms. The fourth-order valence-electron chi connectivity index (χ4n) is 3.51. The molecule has 0 bridgehead atoms. The van der Waals surface area contributed by atoms with E-state index in [2.05, 4.69) is 32.2 Å². The van der Waals surface area contributed by atoms with Crippen LogP contribution in [0.15, 0.2) is 24.3 Å². The van der Waals surface area contributed by atoms with Crippen LogP contribution in [0.25, 0.3) is 0 Å². The number of fused-ring (bicyclic) bond motifs is 1. The van der Waals surface area contributed by atoms with Crippen LogP contribution in [0.3, 0.4) is 0 Å². The first-order chi connectivity index (χ1) is 13.7. The Labute approximate surface area is 174 Å². The molecule has 1 heterocycles. The van der Waals surface area contributed by atoms with E-state index in [0.717, 1.165) is 29.7 Å². The van der Waals surface area contributed by atoms with E-state index in [0.29, 0.717) is 16.5 Å². The van der Waals surface area contributed by atoms with Gasteiger partial charge in [0.15, 0.2) is 6.61 Å². The molecule has 0 saturated carbocycles. The van der Waals surface area contributed by atoms with Crippen LogP contribution in [0.4, 0.5) is 5.00 Å². The second-order valence-electron chi connectivity index (χ2n) is 8.30. The summed E-state index contributed by atoms with van der Waals surface area (Å²) in [6.45, 7) is 6.24. The zero-order valence-electron chi connectivity index (χ0n) is 16.7. The third-order valence-electron chi connectivity index (χ3n) is 5.29. The fourth-order valence-corrected chi connectivity index (χ4v) is 4.80. The van der Waals surface area contributed by atoms with Crippen LogP contribution in [-0.4, -0.2) is 23.6 Å². The van der Waals surface area contributed by atoms with Gasteiger partial charge in [0.05, 0.1) is 11.1 Å². The second kappa shape index (κ2) is 8.26. The maximum absolute atomic E-state index is 12.3. The van der Waals surface area contributed by atoms with Crippen molar-refractivity contribution in [2.24, 2.45) is 11.3 Å². The first-order valence-corrected chi connectivity index (χ1v) is 10.3. The molecule has 1 aliphatic carbocycles. The first-order valence-electron chi connectivity index (χ1n) is 9.49. The number of hydrogen-bond acceptors (Lipinski definition) is 6. The number of nitrogens with one attached hydrogen (secondary N) is 1. The summed E-state index contributed by atoms with van der Waals surface area (Å²) in [5, 5.41) is 22.1. The first kappa shape index (κ1) is 20.9. The minimum absolute atomic E-state index is 0.0405. The van der Waals surface area contributed by atoms with Crippen molar-refractivity contribution in [1.82, 2.24) is 0 Å².